The molecule has 1 aliphatic heterocycles. The summed E-state index contributed by atoms with van der Waals surface area (Å²) >= 11 is 11.7. The molecule has 28 heavy (non-hydrogen) atoms. The molecule has 1 N–H and O–H groups in total. The van der Waals surface area contributed by atoms with Gasteiger partial charge in [-0.05, 0) is 23.8 Å². The van der Waals surface area contributed by atoms with Crippen LogP contribution in [0.4, 0.5) is 13.2 Å². The van der Waals surface area contributed by atoms with Crippen molar-refractivity contribution in [2.75, 3.05) is 6.61 Å². The molecule has 148 valence electrons. The van der Waals surface area contributed by atoms with Crippen molar-refractivity contribution in [1.82, 2.24) is 5.01 Å². The lowest BCUT2D eigenvalue weighted by Gasteiger charge is -2.32. The summed E-state index contributed by atoms with van der Waals surface area (Å²) in [6, 6.07) is 12.2. The first-order chi connectivity index (χ1) is 13.1. The first-order valence-electron chi connectivity index (χ1n) is 7.95. The first-order valence-corrected chi connectivity index (χ1v) is 8.70. The minimum Gasteiger partial charge on any atom is -0.482 e. The number of aliphatic hydroxyl groups is 1. The van der Waals surface area contributed by atoms with Crippen LogP contribution in [0, 0.1) is 0 Å². The summed E-state index contributed by atoms with van der Waals surface area (Å²) in [4.78, 5) is 12.4. The van der Waals surface area contributed by atoms with Crippen LogP contribution in [0.2, 0.25) is 10.0 Å². The van der Waals surface area contributed by atoms with Crippen LogP contribution in [0.5, 0.6) is 5.75 Å². The average molecular weight is 433 g/mol. The van der Waals surface area contributed by atoms with E-state index in [4.69, 9.17) is 27.9 Å². The lowest BCUT2D eigenvalue weighted by molar-refractivity contribution is -0.302. The average Bonchev–Trinajstić information content (AvgIpc) is 3.00. The molecule has 1 atom stereocenters. The highest BCUT2D eigenvalue weighted by atomic mass is 35.5. The number of halogens is 5. The third kappa shape index (κ3) is 3.94. The molecule has 1 heterocycles. The van der Waals surface area contributed by atoms with Gasteiger partial charge in [0.25, 0.3) is 11.6 Å². The maximum Gasteiger partial charge on any atom is 0.438 e. The maximum absolute atomic E-state index is 13.5. The highest BCUT2D eigenvalue weighted by Crippen LogP contribution is 2.41. The van der Waals surface area contributed by atoms with Gasteiger partial charge in [-0.2, -0.15) is 23.3 Å². The molecular weight excluding hydrogens is 420 g/mol. The van der Waals surface area contributed by atoms with E-state index in [9.17, 15) is 23.1 Å². The quantitative estimate of drug-likeness (QED) is 0.784. The number of nitrogens with zero attached hydrogens (tertiary/aromatic N) is 2. The third-order valence-electron chi connectivity index (χ3n) is 4.03. The Labute approximate surface area is 167 Å². The number of ether oxygens (including phenoxy) is 1. The summed E-state index contributed by atoms with van der Waals surface area (Å²) in [5, 5.41) is 14.4. The van der Waals surface area contributed by atoms with Gasteiger partial charge < -0.3 is 9.84 Å². The van der Waals surface area contributed by atoms with Crippen LogP contribution in [-0.2, 0) is 4.79 Å². The van der Waals surface area contributed by atoms with Gasteiger partial charge in [-0.25, -0.2) is 0 Å². The van der Waals surface area contributed by atoms with Crippen LogP contribution in [0.3, 0.4) is 0 Å². The second kappa shape index (κ2) is 7.62. The monoisotopic (exact) mass is 432 g/mol. The van der Waals surface area contributed by atoms with E-state index in [0.29, 0.717) is 10.6 Å². The van der Waals surface area contributed by atoms with Gasteiger partial charge >= 0.3 is 6.18 Å². The third-order valence-corrected chi connectivity index (χ3v) is 4.56. The Morgan fingerprint density at radius 1 is 1.21 bits per heavy atom. The Hall–Kier alpha value is -2.29. The van der Waals surface area contributed by atoms with E-state index in [1.807, 2.05) is 0 Å². The van der Waals surface area contributed by atoms with Crippen molar-refractivity contribution in [3.8, 4) is 5.75 Å². The molecule has 0 bridgehead atoms. The summed E-state index contributed by atoms with van der Waals surface area (Å²) in [6.45, 7) is -0.814. The molecule has 0 fully saturated rings. The van der Waals surface area contributed by atoms with E-state index < -0.39 is 30.8 Å². The molecule has 0 aromatic heterocycles. The zero-order valence-electron chi connectivity index (χ0n) is 14.1. The van der Waals surface area contributed by atoms with Crippen molar-refractivity contribution < 1.29 is 27.8 Å². The number of carbonyl (C=O) groups is 1. The standard InChI is InChI=1S/C18H13Cl2F3N2O3/c19-12-6-7-15(13(20)8-12)28-10-16(26)25-17(27,18(21,22)23)9-14(24-25)11-4-2-1-3-5-11/h1-8,27H,9-10H2/t17-/m1/s1. The van der Waals surface area contributed by atoms with E-state index in [1.54, 1.807) is 18.2 Å². The van der Waals surface area contributed by atoms with Crippen LogP contribution in [0.15, 0.2) is 53.6 Å². The van der Waals surface area contributed by atoms with Gasteiger partial charge in [0, 0.05) is 5.02 Å². The van der Waals surface area contributed by atoms with Gasteiger partial charge in [-0.15, -0.1) is 0 Å². The van der Waals surface area contributed by atoms with E-state index >= 15 is 0 Å². The van der Waals surface area contributed by atoms with E-state index in [-0.39, 0.29) is 21.5 Å². The SMILES string of the molecule is O=C(COc1ccc(Cl)cc1Cl)N1N=C(c2ccccc2)C[C@@]1(O)C(F)(F)F. The Balaban J connectivity index is 1.85. The molecule has 5 nitrogen and oxygen atoms in total. The van der Waals surface area contributed by atoms with Crippen LogP contribution in [0.1, 0.15) is 12.0 Å². The van der Waals surface area contributed by atoms with Gasteiger partial charge in [-0.1, -0.05) is 53.5 Å². The molecule has 3 rings (SSSR count). The van der Waals surface area contributed by atoms with Crippen molar-refractivity contribution in [3.63, 3.8) is 0 Å². The molecule has 0 spiro atoms. The number of hydrazone groups is 1. The molecule has 1 aliphatic rings. The molecule has 0 saturated heterocycles. The van der Waals surface area contributed by atoms with Crippen LogP contribution in [-0.4, -0.2) is 40.2 Å². The molecule has 2 aromatic carbocycles. The fourth-order valence-electron chi connectivity index (χ4n) is 2.61. The van der Waals surface area contributed by atoms with E-state index in [0.717, 1.165) is 0 Å². The summed E-state index contributed by atoms with van der Waals surface area (Å²) in [5.74, 6) is -1.13. The largest absolute Gasteiger partial charge is 0.482 e. The fourth-order valence-corrected chi connectivity index (χ4v) is 3.08. The van der Waals surface area contributed by atoms with E-state index in [1.165, 1.54) is 30.3 Å². The predicted molar refractivity (Wildman–Crippen MR) is 97.4 cm³/mol. The van der Waals surface area contributed by atoms with Crippen molar-refractivity contribution in [3.05, 3.63) is 64.1 Å². The minimum atomic E-state index is -5.12. The molecule has 0 radical (unpaired) electrons. The van der Waals surface area contributed by atoms with E-state index in [2.05, 4.69) is 5.10 Å². The van der Waals surface area contributed by atoms with Gasteiger partial charge in [-0.3, -0.25) is 4.79 Å². The van der Waals surface area contributed by atoms with Crippen molar-refractivity contribution in [2.24, 2.45) is 5.10 Å². The Morgan fingerprint density at radius 2 is 1.89 bits per heavy atom. The fraction of sp³-hybridized carbons (Fsp3) is 0.222. The van der Waals surface area contributed by atoms with Crippen molar-refractivity contribution in [2.45, 2.75) is 18.3 Å². The number of rotatable bonds is 4. The first kappa shape index (κ1) is 20.4. The smallest absolute Gasteiger partial charge is 0.438 e. The molecule has 0 saturated carbocycles. The predicted octanol–water partition coefficient (Wildman–Crippen LogP) is 4.26. The summed E-state index contributed by atoms with van der Waals surface area (Å²) in [5.41, 5.74) is -3.18. The summed E-state index contributed by atoms with van der Waals surface area (Å²) < 4.78 is 45.8. The van der Waals surface area contributed by atoms with Crippen molar-refractivity contribution in [1.29, 1.82) is 0 Å². The van der Waals surface area contributed by atoms with Gasteiger partial charge in [0.05, 0.1) is 17.2 Å². The van der Waals surface area contributed by atoms with Gasteiger partial charge in [0.1, 0.15) is 5.75 Å². The Bertz CT molecular complexity index is 922. The number of amides is 1. The number of carbonyl (C=O) groups excluding carboxylic acids is 1. The zero-order chi connectivity index (χ0) is 20.5. The van der Waals surface area contributed by atoms with Crippen LogP contribution >= 0.6 is 23.2 Å². The zero-order valence-corrected chi connectivity index (χ0v) is 15.6. The topological polar surface area (TPSA) is 62.1 Å². The Morgan fingerprint density at radius 3 is 2.50 bits per heavy atom. The number of benzene rings is 2. The maximum atomic E-state index is 13.5. The molecule has 1 amide bonds. The number of hydrogen-bond donors (Lipinski definition) is 1. The van der Waals surface area contributed by atoms with Crippen LogP contribution in [0.25, 0.3) is 0 Å². The lowest BCUT2D eigenvalue weighted by Crippen LogP contribution is -2.57. The van der Waals surface area contributed by atoms with Gasteiger partial charge in [0.2, 0.25) is 0 Å². The summed E-state index contributed by atoms with van der Waals surface area (Å²) in [6.07, 6.45) is -6.02. The molecule has 10 heteroatoms. The number of alkyl halides is 3. The Kier molecular flexibility index (Phi) is 5.56. The lowest BCUT2D eigenvalue weighted by atomic mass is 10.0. The second-order valence-electron chi connectivity index (χ2n) is 5.97. The molecule has 2 aromatic rings. The highest BCUT2D eigenvalue weighted by Gasteiger charge is 2.63. The molecular formula is C18H13Cl2F3N2O3. The second-order valence-corrected chi connectivity index (χ2v) is 6.82. The van der Waals surface area contributed by atoms with Crippen LogP contribution < -0.4 is 4.74 Å². The van der Waals surface area contributed by atoms with Crippen molar-refractivity contribution >= 4 is 34.8 Å². The molecule has 0 aliphatic carbocycles. The molecule has 0 unspecified atom stereocenters. The number of hydrogen-bond acceptors (Lipinski definition) is 4. The minimum absolute atomic E-state index is 0.0131. The summed E-state index contributed by atoms with van der Waals surface area (Å²) in [7, 11) is 0. The normalized spacial score (nSPS) is 19.5. The highest BCUT2D eigenvalue weighted by molar-refractivity contribution is 6.35. The van der Waals surface area contributed by atoms with Gasteiger partial charge in [0.15, 0.2) is 6.61 Å².